The summed E-state index contributed by atoms with van der Waals surface area (Å²) in [7, 11) is -4.14. The highest BCUT2D eigenvalue weighted by molar-refractivity contribution is 9.10. The second-order valence-electron chi connectivity index (χ2n) is 10.3. The van der Waals surface area contributed by atoms with Crippen LogP contribution in [-0.2, 0) is 32.6 Å². The van der Waals surface area contributed by atoms with Gasteiger partial charge < -0.3 is 10.2 Å². The molecule has 0 bridgehead atoms. The smallest absolute Gasteiger partial charge is 0.264 e. The number of hydrogen-bond acceptors (Lipinski definition) is 5. The van der Waals surface area contributed by atoms with Gasteiger partial charge in [-0.3, -0.25) is 13.9 Å². The fraction of sp³-hybridized carbons (Fsp3) is 0.235. The largest absolute Gasteiger partial charge is 0.355 e. The molecule has 7 nitrogen and oxygen atoms in total. The van der Waals surface area contributed by atoms with Crippen molar-refractivity contribution in [3.63, 3.8) is 0 Å². The summed E-state index contributed by atoms with van der Waals surface area (Å²) in [4.78, 5) is 30.5. The molecule has 230 valence electrons. The first kappa shape index (κ1) is 33.3. The number of carbonyl (C=O) groups is 2. The number of sulfonamides is 1. The lowest BCUT2D eigenvalue weighted by Gasteiger charge is -2.34. The summed E-state index contributed by atoms with van der Waals surface area (Å²) in [6.07, 6.45) is 2.18. The Morgan fingerprint density at radius 2 is 1.50 bits per heavy atom. The quantitative estimate of drug-likeness (QED) is 0.163. The zero-order valence-corrected chi connectivity index (χ0v) is 28.2. The van der Waals surface area contributed by atoms with Crippen LogP contribution in [0.4, 0.5) is 5.69 Å². The Hall–Kier alpha value is -3.60. The van der Waals surface area contributed by atoms with Crippen LogP contribution < -0.4 is 9.62 Å². The van der Waals surface area contributed by atoms with Crippen molar-refractivity contribution >= 4 is 55.2 Å². The number of likely N-dealkylation sites (N-methyl/N-ethyl adjacent to an activating group) is 1. The summed E-state index contributed by atoms with van der Waals surface area (Å²) >= 11 is 4.97. The van der Waals surface area contributed by atoms with Crippen molar-refractivity contribution in [1.82, 2.24) is 10.2 Å². The highest BCUT2D eigenvalue weighted by atomic mass is 79.9. The molecule has 0 saturated heterocycles. The van der Waals surface area contributed by atoms with E-state index >= 15 is 0 Å². The summed E-state index contributed by atoms with van der Waals surface area (Å²) in [5.41, 5.74) is 3.01. The number of aryl methyl sites for hydroxylation is 1. The first-order chi connectivity index (χ1) is 21.1. The third-order valence-electron chi connectivity index (χ3n) is 7.14. The van der Waals surface area contributed by atoms with Crippen LogP contribution in [0.2, 0.25) is 0 Å². The predicted molar refractivity (Wildman–Crippen MR) is 181 cm³/mol. The maximum absolute atomic E-state index is 14.4. The number of anilines is 1. The van der Waals surface area contributed by atoms with E-state index in [1.165, 1.54) is 16.7 Å². The van der Waals surface area contributed by atoms with E-state index in [0.29, 0.717) is 12.2 Å². The van der Waals surface area contributed by atoms with Crippen LogP contribution in [0.25, 0.3) is 0 Å². The first-order valence-corrected chi connectivity index (χ1v) is 17.7. The number of benzene rings is 4. The van der Waals surface area contributed by atoms with E-state index in [9.17, 15) is 18.0 Å². The van der Waals surface area contributed by atoms with Crippen molar-refractivity contribution in [1.29, 1.82) is 0 Å². The maximum Gasteiger partial charge on any atom is 0.264 e. The lowest BCUT2D eigenvalue weighted by atomic mass is 10.0. The number of amides is 2. The van der Waals surface area contributed by atoms with E-state index in [2.05, 4.69) is 21.2 Å². The van der Waals surface area contributed by atoms with Crippen molar-refractivity contribution in [2.24, 2.45) is 0 Å². The number of nitrogens with one attached hydrogen (secondary N) is 1. The normalized spacial score (nSPS) is 11.9. The van der Waals surface area contributed by atoms with Gasteiger partial charge in [0.2, 0.25) is 11.8 Å². The van der Waals surface area contributed by atoms with Gasteiger partial charge in [-0.2, -0.15) is 0 Å². The van der Waals surface area contributed by atoms with Crippen LogP contribution in [0.3, 0.4) is 0 Å². The van der Waals surface area contributed by atoms with Gasteiger partial charge in [0.1, 0.15) is 12.6 Å². The average molecular weight is 695 g/mol. The minimum Gasteiger partial charge on any atom is -0.355 e. The Morgan fingerprint density at radius 1 is 0.864 bits per heavy atom. The second-order valence-corrected chi connectivity index (χ2v) is 13.9. The molecule has 4 rings (SSSR count). The van der Waals surface area contributed by atoms with Gasteiger partial charge in [0.15, 0.2) is 0 Å². The van der Waals surface area contributed by atoms with E-state index < -0.39 is 28.5 Å². The average Bonchev–Trinajstić information content (AvgIpc) is 3.03. The molecule has 10 heteroatoms. The minimum absolute atomic E-state index is 0.0766. The van der Waals surface area contributed by atoms with Crippen LogP contribution in [0.5, 0.6) is 0 Å². The molecule has 0 aliphatic rings. The van der Waals surface area contributed by atoms with E-state index in [1.54, 1.807) is 36.4 Å². The highest BCUT2D eigenvalue weighted by Crippen LogP contribution is 2.27. The topological polar surface area (TPSA) is 86.8 Å². The fourth-order valence-corrected chi connectivity index (χ4v) is 6.83. The summed E-state index contributed by atoms with van der Waals surface area (Å²) in [5, 5.41) is 2.88. The van der Waals surface area contributed by atoms with Gasteiger partial charge in [-0.1, -0.05) is 76.1 Å². The molecular formula is C34H36BrN3O4S2. The van der Waals surface area contributed by atoms with Crippen LogP contribution in [0.1, 0.15) is 23.6 Å². The van der Waals surface area contributed by atoms with Gasteiger partial charge in [-0.05, 0) is 79.8 Å². The predicted octanol–water partition coefficient (Wildman–Crippen LogP) is 6.45. The fourth-order valence-electron chi connectivity index (χ4n) is 4.75. The van der Waals surface area contributed by atoms with E-state index in [1.807, 2.05) is 86.8 Å². The lowest BCUT2D eigenvalue weighted by molar-refractivity contribution is -0.140. The first-order valence-electron chi connectivity index (χ1n) is 14.2. The molecule has 1 N–H and O–H groups in total. The monoisotopic (exact) mass is 693 g/mol. The van der Waals surface area contributed by atoms with Crippen molar-refractivity contribution < 1.29 is 18.0 Å². The number of carbonyl (C=O) groups excluding carboxylic acids is 2. The van der Waals surface area contributed by atoms with Crippen molar-refractivity contribution in [3.8, 4) is 0 Å². The number of rotatable bonds is 13. The molecule has 0 radical (unpaired) electrons. The summed E-state index contributed by atoms with van der Waals surface area (Å²) < 4.78 is 30.3. The van der Waals surface area contributed by atoms with E-state index in [0.717, 1.165) is 30.4 Å². The Morgan fingerprint density at radius 3 is 2.09 bits per heavy atom. The van der Waals surface area contributed by atoms with Gasteiger partial charge in [0, 0.05) is 28.9 Å². The van der Waals surface area contributed by atoms with Gasteiger partial charge in [-0.25, -0.2) is 8.42 Å². The lowest BCUT2D eigenvalue weighted by Crippen LogP contribution is -2.53. The second kappa shape index (κ2) is 15.4. The van der Waals surface area contributed by atoms with Crippen LogP contribution in [0.15, 0.2) is 117 Å². The van der Waals surface area contributed by atoms with Crippen molar-refractivity contribution in [2.75, 3.05) is 23.7 Å². The zero-order chi connectivity index (χ0) is 31.7. The van der Waals surface area contributed by atoms with E-state index in [4.69, 9.17) is 0 Å². The summed E-state index contributed by atoms with van der Waals surface area (Å²) in [6, 6.07) is 29.7. The summed E-state index contributed by atoms with van der Waals surface area (Å²) in [6.45, 7) is 3.75. The molecule has 0 unspecified atom stereocenters. The highest BCUT2D eigenvalue weighted by Gasteiger charge is 2.34. The molecule has 2 amide bonds. The Kier molecular flexibility index (Phi) is 11.7. The molecule has 0 aliphatic heterocycles. The molecule has 0 aliphatic carbocycles. The molecule has 4 aromatic carbocycles. The minimum atomic E-state index is -4.14. The molecule has 0 fully saturated rings. The van der Waals surface area contributed by atoms with Crippen LogP contribution >= 0.6 is 27.7 Å². The molecular weight excluding hydrogens is 658 g/mol. The maximum atomic E-state index is 14.4. The molecule has 0 saturated carbocycles. The standard InChI is InChI=1S/C34H36BrN3O4S2/c1-4-36-34(40)32(22-26-8-6-5-7-9-26)37(23-27-12-14-28(35)15-13-27)33(39)24-38(29-16-10-25(2)11-17-29)44(41,42)31-20-18-30(43-3)19-21-31/h5-21,32H,4,22-24H2,1-3H3,(H,36,40)/t32-/m1/s1. The molecule has 4 aromatic rings. The van der Waals surface area contributed by atoms with Gasteiger partial charge in [0.25, 0.3) is 10.0 Å². The van der Waals surface area contributed by atoms with Crippen LogP contribution in [-0.4, -0.2) is 50.5 Å². The molecule has 0 aromatic heterocycles. The number of halogens is 1. The van der Waals surface area contributed by atoms with Crippen molar-refractivity contribution in [3.05, 3.63) is 124 Å². The third kappa shape index (κ3) is 8.52. The Balaban J connectivity index is 1.78. The molecule has 1 atom stereocenters. The zero-order valence-electron chi connectivity index (χ0n) is 24.9. The Labute approximate surface area is 272 Å². The van der Waals surface area contributed by atoms with Gasteiger partial charge >= 0.3 is 0 Å². The van der Waals surface area contributed by atoms with Gasteiger partial charge in [-0.15, -0.1) is 11.8 Å². The van der Waals surface area contributed by atoms with Crippen molar-refractivity contribution in [2.45, 2.75) is 42.6 Å². The Bertz CT molecular complexity index is 1650. The number of hydrogen-bond donors (Lipinski definition) is 1. The number of nitrogens with zero attached hydrogens (tertiary/aromatic N) is 2. The van der Waals surface area contributed by atoms with Gasteiger partial charge in [0.05, 0.1) is 10.6 Å². The third-order valence-corrected chi connectivity index (χ3v) is 10.2. The SMILES string of the molecule is CCNC(=O)[C@@H](Cc1ccccc1)N(Cc1ccc(Br)cc1)C(=O)CN(c1ccc(C)cc1)S(=O)(=O)c1ccc(SC)cc1. The van der Waals surface area contributed by atoms with E-state index in [-0.39, 0.29) is 23.8 Å². The molecule has 0 heterocycles. The molecule has 44 heavy (non-hydrogen) atoms. The number of thioether (sulfide) groups is 1. The molecule has 0 spiro atoms. The summed E-state index contributed by atoms with van der Waals surface area (Å²) in [5.74, 6) is -0.802. The van der Waals surface area contributed by atoms with Crippen LogP contribution in [0, 0.1) is 6.92 Å².